The fraction of sp³-hybridized carbons (Fsp3) is 0.231. The van der Waals surface area contributed by atoms with Crippen LogP contribution in [0.2, 0.25) is 5.02 Å². The second-order valence-electron chi connectivity index (χ2n) is 3.72. The van der Waals surface area contributed by atoms with Crippen molar-refractivity contribution in [3.8, 4) is 0 Å². The SMILES string of the molecule is C=C(CC)Cn1ccc2c(Cl)cccc21. The third kappa shape index (κ3) is 1.93. The van der Waals surface area contributed by atoms with Gasteiger partial charge in [0.15, 0.2) is 0 Å². The van der Waals surface area contributed by atoms with Crippen molar-refractivity contribution in [2.45, 2.75) is 19.9 Å². The molecule has 1 heterocycles. The lowest BCUT2D eigenvalue weighted by molar-refractivity contribution is 0.790. The van der Waals surface area contributed by atoms with Gasteiger partial charge in [0.25, 0.3) is 0 Å². The van der Waals surface area contributed by atoms with Crippen LogP contribution in [-0.2, 0) is 6.54 Å². The Bertz CT molecular complexity index is 496. The number of aromatic nitrogens is 1. The second-order valence-corrected chi connectivity index (χ2v) is 4.13. The molecule has 0 aliphatic carbocycles. The zero-order valence-electron chi connectivity index (χ0n) is 8.83. The van der Waals surface area contributed by atoms with Gasteiger partial charge in [-0.15, -0.1) is 0 Å². The minimum atomic E-state index is 0.813. The van der Waals surface area contributed by atoms with Crippen molar-refractivity contribution in [2.75, 3.05) is 0 Å². The molecule has 1 aromatic carbocycles. The van der Waals surface area contributed by atoms with Crippen molar-refractivity contribution in [1.29, 1.82) is 0 Å². The molecular weight excluding hydrogens is 206 g/mol. The van der Waals surface area contributed by atoms with Gasteiger partial charge in [-0.05, 0) is 24.6 Å². The number of fused-ring (bicyclic) bond motifs is 1. The molecule has 0 N–H and O–H groups in total. The molecule has 1 nitrogen and oxygen atoms in total. The van der Waals surface area contributed by atoms with Gasteiger partial charge in [-0.2, -0.15) is 0 Å². The summed E-state index contributed by atoms with van der Waals surface area (Å²) < 4.78 is 2.19. The zero-order chi connectivity index (χ0) is 10.8. The minimum absolute atomic E-state index is 0.813. The van der Waals surface area contributed by atoms with Crippen molar-refractivity contribution >= 4 is 22.5 Å². The van der Waals surface area contributed by atoms with Gasteiger partial charge in [-0.3, -0.25) is 0 Å². The van der Waals surface area contributed by atoms with E-state index in [1.165, 1.54) is 11.1 Å². The van der Waals surface area contributed by atoms with Gasteiger partial charge >= 0.3 is 0 Å². The van der Waals surface area contributed by atoms with Crippen LogP contribution in [0.5, 0.6) is 0 Å². The summed E-state index contributed by atoms with van der Waals surface area (Å²) >= 11 is 6.11. The summed E-state index contributed by atoms with van der Waals surface area (Å²) in [6.07, 6.45) is 3.08. The van der Waals surface area contributed by atoms with E-state index in [1.807, 2.05) is 12.1 Å². The molecule has 0 atom stereocenters. The van der Waals surface area contributed by atoms with E-state index in [9.17, 15) is 0 Å². The highest BCUT2D eigenvalue weighted by molar-refractivity contribution is 6.35. The smallest absolute Gasteiger partial charge is 0.0499 e. The van der Waals surface area contributed by atoms with Crippen LogP contribution in [0.1, 0.15) is 13.3 Å². The minimum Gasteiger partial charge on any atom is -0.343 e. The fourth-order valence-electron chi connectivity index (χ4n) is 1.68. The van der Waals surface area contributed by atoms with E-state index in [-0.39, 0.29) is 0 Å². The molecule has 2 rings (SSSR count). The van der Waals surface area contributed by atoms with Crippen LogP contribution in [0.25, 0.3) is 10.9 Å². The molecule has 0 aliphatic rings. The Kier molecular flexibility index (Phi) is 2.83. The molecule has 0 bridgehead atoms. The van der Waals surface area contributed by atoms with Gasteiger partial charge in [-0.25, -0.2) is 0 Å². The van der Waals surface area contributed by atoms with Gasteiger partial charge in [0.05, 0.1) is 0 Å². The summed E-state index contributed by atoms with van der Waals surface area (Å²) in [7, 11) is 0. The lowest BCUT2D eigenvalue weighted by atomic mass is 10.2. The van der Waals surface area contributed by atoms with E-state index >= 15 is 0 Å². The Morgan fingerprint density at radius 1 is 1.40 bits per heavy atom. The lowest BCUT2D eigenvalue weighted by Gasteiger charge is -2.06. The van der Waals surface area contributed by atoms with Crippen molar-refractivity contribution in [3.63, 3.8) is 0 Å². The van der Waals surface area contributed by atoms with Gasteiger partial charge in [0, 0.05) is 28.7 Å². The molecule has 2 aromatic rings. The molecule has 0 saturated carbocycles. The highest BCUT2D eigenvalue weighted by Crippen LogP contribution is 2.24. The van der Waals surface area contributed by atoms with E-state index in [0.717, 1.165) is 23.4 Å². The molecule has 0 fully saturated rings. The number of hydrogen-bond donors (Lipinski definition) is 0. The number of allylic oxidation sites excluding steroid dienone is 1. The van der Waals surface area contributed by atoms with Crippen LogP contribution in [0.3, 0.4) is 0 Å². The Morgan fingerprint density at radius 2 is 2.20 bits per heavy atom. The maximum absolute atomic E-state index is 6.11. The van der Waals surface area contributed by atoms with Crippen LogP contribution in [0, 0.1) is 0 Å². The van der Waals surface area contributed by atoms with Crippen molar-refractivity contribution in [2.24, 2.45) is 0 Å². The van der Waals surface area contributed by atoms with Gasteiger partial charge in [0.1, 0.15) is 0 Å². The summed E-state index contributed by atoms with van der Waals surface area (Å²) in [5.41, 5.74) is 2.41. The standard InChI is InChI=1S/C13H14ClN/c1-3-10(2)9-15-8-7-11-12(14)5-4-6-13(11)15/h4-8H,2-3,9H2,1H3. The topological polar surface area (TPSA) is 4.93 Å². The maximum atomic E-state index is 6.11. The Hall–Kier alpha value is -1.21. The second kappa shape index (κ2) is 4.11. The quantitative estimate of drug-likeness (QED) is 0.680. The summed E-state index contributed by atoms with van der Waals surface area (Å²) in [4.78, 5) is 0. The van der Waals surface area contributed by atoms with E-state index < -0.39 is 0 Å². The molecule has 0 amide bonds. The van der Waals surface area contributed by atoms with E-state index in [0.29, 0.717) is 0 Å². The van der Waals surface area contributed by atoms with Gasteiger partial charge in [0.2, 0.25) is 0 Å². The van der Waals surface area contributed by atoms with Crippen molar-refractivity contribution in [3.05, 3.63) is 47.6 Å². The van der Waals surface area contributed by atoms with Crippen molar-refractivity contribution < 1.29 is 0 Å². The Morgan fingerprint density at radius 3 is 2.93 bits per heavy atom. The van der Waals surface area contributed by atoms with Gasteiger partial charge in [-0.1, -0.05) is 36.7 Å². The zero-order valence-corrected chi connectivity index (χ0v) is 9.59. The third-order valence-electron chi connectivity index (χ3n) is 2.65. The average Bonchev–Trinajstić information content (AvgIpc) is 2.63. The average molecular weight is 220 g/mol. The first-order chi connectivity index (χ1) is 7.22. The molecule has 0 saturated heterocycles. The van der Waals surface area contributed by atoms with E-state index in [2.05, 4.69) is 36.4 Å². The maximum Gasteiger partial charge on any atom is 0.0499 e. The van der Waals surface area contributed by atoms with Crippen LogP contribution < -0.4 is 0 Å². The summed E-state index contributed by atoms with van der Waals surface area (Å²) in [6, 6.07) is 8.05. The lowest BCUT2D eigenvalue weighted by Crippen LogP contribution is -1.97. The van der Waals surface area contributed by atoms with Crippen LogP contribution in [0.15, 0.2) is 42.6 Å². The number of hydrogen-bond acceptors (Lipinski definition) is 0. The molecule has 78 valence electrons. The van der Waals surface area contributed by atoms with Crippen LogP contribution in [-0.4, -0.2) is 4.57 Å². The summed E-state index contributed by atoms with van der Waals surface area (Å²) in [6.45, 7) is 7.02. The first-order valence-corrected chi connectivity index (χ1v) is 5.50. The molecule has 0 unspecified atom stereocenters. The largest absolute Gasteiger partial charge is 0.343 e. The third-order valence-corrected chi connectivity index (χ3v) is 2.98. The number of rotatable bonds is 3. The van der Waals surface area contributed by atoms with Crippen LogP contribution >= 0.6 is 11.6 Å². The summed E-state index contributed by atoms with van der Waals surface area (Å²) in [5, 5.41) is 1.93. The first kappa shape index (κ1) is 10.3. The molecule has 1 aromatic heterocycles. The molecule has 0 aliphatic heterocycles. The molecule has 0 spiro atoms. The number of nitrogens with zero attached hydrogens (tertiary/aromatic N) is 1. The number of halogens is 1. The van der Waals surface area contributed by atoms with Gasteiger partial charge < -0.3 is 4.57 Å². The molecule has 0 radical (unpaired) electrons. The normalized spacial score (nSPS) is 10.8. The highest BCUT2D eigenvalue weighted by Gasteiger charge is 2.03. The highest BCUT2D eigenvalue weighted by atomic mass is 35.5. The monoisotopic (exact) mass is 219 g/mol. The molecular formula is C13H14ClN. The number of benzene rings is 1. The fourth-order valence-corrected chi connectivity index (χ4v) is 1.91. The summed E-state index contributed by atoms with van der Waals surface area (Å²) in [5.74, 6) is 0. The van der Waals surface area contributed by atoms with Crippen LogP contribution in [0.4, 0.5) is 0 Å². The first-order valence-electron chi connectivity index (χ1n) is 5.12. The van der Waals surface area contributed by atoms with E-state index in [4.69, 9.17) is 11.6 Å². The Balaban J connectivity index is 2.45. The molecule has 2 heteroatoms. The molecule has 15 heavy (non-hydrogen) atoms. The predicted molar refractivity (Wildman–Crippen MR) is 66.4 cm³/mol. The Labute approximate surface area is 95.0 Å². The van der Waals surface area contributed by atoms with E-state index in [1.54, 1.807) is 0 Å². The van der Waals surface area contributed by atoms with Crippen molar-refractivity contribution in [1.82, 2.24) is 4.57 Å². The predicted octanol–water partition coefficient (Wildman–Crippen LogP) is 4.26.